The minimum atomic E-state index is -0.249. The fourth-order valence-corrected chi connectivity index (χ4v) is 2.54. The van der Waals surface area contributed by atoms with Gasteiger partial charge in [-0.3, -0.25) is 4.79 Å². The first-order valence-corrected chi connectivity index (χ1v) is 7.32. The fourth-order valence-electron chi connectivity index (χ4n) is 1.91. The normalized spacial score (nSPS) is 11.7. The minimum Gasteiger partial charge on any atom is -0.504 e. The van der Waals surface area contributed by atoms with E-state index in [1.807, 2.05) is 31.2 Å². The van der Waals surface area contributed by atoms with E-state index in [1.54, 1.807) is 18.2 Å². The van der Waals surface area contributed by atoms with E-state index in [-0.39, 0.29) is 24.3 Å². The van der Waals surface area contributed by atoms with Crippen molar-refractivity contribution in [1.82, 2.24) is 5.32 Å². The zero-order valence-corrected chi connectivity index (χ0v) is 13.1. The monoisotopic (exact) mass is 349 g/mol. The Balaban J connectivity index is 1.90. The van der Waals surface area contributed by atoms with Gasteiger partial charge in [0.2, 0.25) is 0 Å². The molecule has 0 saturated carbocycles. The first-order chi connectivity index (χ1) is 10.1. The molecule has 1 amide bonds. The molecule has 0 heterocycles. The van der Waals surface area contributed by atoms with Crippen molar-refractivity contribution in [3.8, 4) is 11.5 Å². The van der Waals surface area contributed by atoms with Crippen molar-refractivity contribution in [2.75, 3.05) is 6.61 Å². The molecule has 0 aliphatic rings. The molecule has 0 fully saturated rings. The van der Waals surface area contributed by atoms with Crippen molar-refractivity contribution in [3.63, 3.8) is 0 Å². The Morgan fingerprint density at radius 2 is 1.90 bits per heavy atom. The maximum Gasteiger partial charge on any atom is 0.258 e. The van der Waals surface area contributed by atoms with Crippen LogP contribution in [0, 0.1) is 0 Å². The maximum atomic E-state index is 11.9. The summed E-state index contributed by atoms with van der Waals surface area (Å²) >= 11 is 3.46. The number of phenolic OH excluding ortho intramolecular Hbond substituents is 1. The largest absolute Gasteiger partial charge is 0.504 e. The molecule has 0 saturated heterocycles. The molecule has 2 aromatic rings. The number of hydrogen-bond donors (Lipinski definition) is 2. The molecule has 2 N–H and O–H groups in total. The van der Waals surface area contributed by atoms with E-state index in [9.17, 15) is 9.90 Å². The number of carbonyl (C=O) groups is 1. The smallest absolute Gasteiger partial charge is 0.258 e. The van der Waals surface area contributed by atoms with E-state index < -0.39 is 0 Å². The topological polar surface area (TPSA) is 58.6 Å². The van der Waals surface area contributed by atoms with Crippen molar-refractivity contribution >= 4 is 21.8 Å². The first-order valence-electron chi connectivity index (χ1n) is 6.52. The van der Waals surface area contributed by atoms with Gasteiger partial charge >= 0.3 is 0 Å². The highest BCUT2D eigenvalue weighted by Gasteiger charge is 2.12. The van der Waals surface area contributed by atoms with Crippen molar-refractivity contribution in [2.45, 2.75) is 13.0 Å². The third-order valence-corrected chi connectivity index (χ3v) is 3.70. The zero-order chi connectivity index (χ0) is 15.2. The molecule has 0 aromatic heterocycles. The van der Waals surface area contributed by atoms with Gasteiger partial charge in [-0.2, -0.15) is 0 Å². The summed E-state index contributed by atoms with van der Waals surface area (Å²) in [5.74, 6) is 0.0619. The van der Waals surface area contributed by atoms with Gasteiger partial charge in [0.25, 0.3) is 5.91 Å². The molecule has 110 valence electrons. The molecular weight excluding hydrogens is 334 g/mol. The van der Waals surface area contributed by atoms with Crippen LogP contribution in [0.3, 0.4) is 0 Å². The molecular formula is C16H16BrNO3. The number of rotatable bonds is 5. The number of benzene rings is 2. The number of carbonyl (C=O) groups excluding carboxylic acids is 1. The van der Waals surface area contributed by atoms with Crippen molar-refractivity contribution < 1.29 is 14.6 Å². The van der Waals surface area contributed by atoms with Crippen molar-refractivity contribution in [1.29, 1.82) is 0 Å². The highest BCUT2D eigenvalue weighted by atomic mass is 79.9. The van der Waals surface area contributed by atoms with Gasteiger partial charge in [-0.25, -0.2) is 0 Å². The van der Waals surface area contributed by atoms with E-state index >= 15 is 0 Å². The Labute approximate surface area is 131 Å². The minimum absolute atomic E-state index is 0.0177. The highest BCUT2D eigenvalue weighted by Crippen LogP contribution is 2.25. The van der Waals surface area contributed by atoms with E-state index in [0.29, 0.717) is 5.75 Å². The highest BCUT2D eigenvalue weighted by molar-refractivity contribution is 9.10. The number of phenols is 1. The van der Waals surface area contributed by atoms with Gasteiger partial charge in [-0.15, -0.1) is 0 Å². The molecule has 4 nitrogen and oxygen atoms in total. The van der Waals surface area contributed by atoms with Crippen LogP contribution in [-0.4, -0.2) is 17.6 Å². The lowest BCUT2D eigenvalue weighted by Crippen LogP contribution is -2.31. The molecule has 1 unspecified atom stereocenters. The molecule has 21 heavy (non-hydrogen) atoms. The van der Waals surface area contributed by atoms with Gasteiger partial charge < -0.3 is 15.2 Å². The van der Waals surface area contributed by atoms with Crippen LogP contribution in [0.4, 0.5) is 0 Å². The van der Waals surface area contributed by atoms with Crippen molar-refractivity contribution in [3.05, 3.63) is 58.6 Å². The average Bonchev–Trinajstić information content (AvgIpc) is 2.46. The number of hydrogen-bond acceptors (Lipinski definition) is 3. The second-order valence-electron chi connectivity index (χ2n) is 4.57. The second kappa shape index (κ2) is 7.13. The van der Waals surface area contributed by atoms with E-state index in [0.717, 1.165) is 10.0 Å². The van der Waals surface area contributed by atoms with Gasteiger partial charge in [0, 0.05) is 4.47 Å². The Kier molecular flexibility index (Phi) is 5.22. The maximum absolute atomic E-state index is 11.9. The number of ether oxygens (including phenoxy) is 1. The first kappa shape index (κ1) is 15.4. The average molecular weight is 350 g/mol. The zero-order valence-electron chi connectivity index (χ0n) is 11.5. The Morgan fingerprint density at radius 3 is 2.62 bits per heavy atom. The molecule has 0 aliphatic carbocycles. The molecule has 2 aromatic carbocycles. The summed E-state index contributed by atoms with van der Waals surface area (Å²) in [5, 5.41) is 12.4. The standard InChI is InChI=1S/C16H16BrNO3/c1-11(12-6-2-3-7-13(12)17)18-16(20)10-21-15-9-5-4-8-14(15)19/h2-9,11,19H,10H2,1H3,(H,18,20). The summed E-state index contributed by atoms with van der Waals surface area (Å²) in [7, 11) is 0. The van der Waals surface area contributed by atoms with Crippen LogP contribution in [0.5, 0.6) is 11.5 Å². The summed E-state index contributed by atoms with van der Waals surface area (Å²) in [6.45, 7) is 1.75. The predicted octanol–water partition coefficient (Wildman–Crippen LogP) is 3.41. The number of halogens is 1. The summed E-state index contributed by atoms with van der Waals surface area (Å²) in [4.78, 5) is 11.9. The lowest BCUT2D eigenvalue weighted by Gasteiger charge is -2.16. The van der Waals surface area contributed by atoms with Crippen LogP contribution in [-0.2, 0) is 4.79 Å². The van der Waals surface area contributed by atoms with Crippen LogP contribution in [0.25, 0.3) is 0 Å². The van der Waals surface area contributed by atoms with Gasteiger partial charge in [0.15, 0.2) is 18.1 Å². The number of para-hydroxylation sites is 2. The van der Waals surface area contributed by atoms with Gasteiger partial charge in [0.05, 0.1) is 6.04 Å². The van der Waals surface area contributed by atoms with Crippen LogP contribution in [0.2, 0.25) is 0 Å². The molecule has 2 rings (SSSR count). The summed E-state index contributed by atoms with van der Waals surface area (Å²) in [6, 6.07) is 14.1. The van der Waals surface area contributed by atoms with Crippen LogP contribution < -0.4 is 10.1 Å². The number of aromatic hydroxyl groups is 1. The molecule has 0 bridgehead atoms. The molecule has 0 spiro atoms. The Hall–Kier alpha value is -2.01. The van der Waals surface area contributed by atoms with E-state index in [1.165, 1.54) is 6.07 Å². The van der Waals surface area contributed by atoms with Crippen LogP contribution >= 0.6 is 15.9 Å². The molecule has 0 aliphatic heterocycles. The Morgan fingerprint density at radius 1 is 1.24 bits per heavy atom. The molecule has 1 atom stereocenters. The predicted molar refractivity (Wildman–Crippen MR) is 84.3 cm³/mol. The van der Waals surface area contributed by atoms with Gasteiger partial charge in [-0.05, 0) is 30.7 Å². The van der Waals surface area contributed by atoms with Gasteiger partial charge in [0.1, 0.15) is 0 Å². The second-order valence-corrected chi connectivity index (χ2v) is 5.42. The SMILES string of the molecule is CC(NC(=O)COc1ccccc1O)c1ccccc1Br. The lowest BCUT2D eigenvalue weighted by atomic mass is 10.1. The third-order valence-electron chi connectivity index (χ3n) is 2.97. The lowest BCUT2D eigenvalue weighted by molar-refractivity contribution is -0.123. The summed E-state index contributed by atoms with van der Waals surface area (Å²) in [5.41, 5.74) is 0.994. The Bertz CT molecular complexity index is 630. The number of amides is 1. The number of nitrogens with one attached hydrogen (secondary N) is 1. The van der Waals surface area contributed by atoms with Crippen molar-refractivity contribution in [2.24, 2.45) is 0 Å². The summed E-state index contributed by atoms with van der Waals surface area (Å²) < 4.78 is 6.24. The molecule has 0 radical (unpaired) electrons. The van der Waals surface area contributed by atoms with Gasteiger partial charge in [-0.1, -0.05) is 46.3 Å². The van der Waals surface area contributed by atoms with Crippen LogP contribution in [0.1, 0.15) is 18.5 Å². The van der Waals surface area contributed by atoms with Crippen LogP contribution in [0.15, 0.2) is 53.0 Å². The summed E-state index contributed by atoms with van der Waals surface area (Å²) in [6.07, 6.45) is 0. The van der Waals surface area contributed by atoms with E-state index in [2.05, 4.69) is 21.2 Å². The fraction of sp³-hybridized carbons (Fsp3) is 0.188. The third kappa shape index (κ3) is 4.23. The van der Waals surface area contributed by atoms with E-state index in [4.69, 9.17) is 4.74 Å². The quantitative estimate of drug-likeness (QED) is 0.869. The molecule has 5 heteroatoms.